The number of carbonyl (C=O) groups is 2. The molecule has 3 rings (SSSR count). The summed E-state index contributed by atoms with van der Waals surface area (Å²) in [5.74, 6) is -0.565. The second kappa shape index (κ2) is 7.31. The molecule has 0 radical (unpaired) electrons. The molecule has 0 spiro atoms. The number of rotatable bonds is 5. The second-order valence-electron chi connectivity index (χ2n) is 7.08. The number of Topliss-reactive ketones (excluding diaryl/α,β-unsaturated/α-hetero) is 1. The number of hydrogen-bond donors (Lipinski definition) is 0. The Morgan fingerprint density at radius 2 is 1.93 bits per heavy atom. The maximum atomic E-state index is 12.6. The first-order chi connectivity index (χ1) is 12.7. The van der Waals surface area contributed by atoms with Crippen molar-refractivity contribution in [3.63, 3.8) is 0 Å². The molecule has 1 aromatic carbocycles. The highest BCUT2D eigenvalue weighted by atomic mass is 32.2. The fourth-order valence-electron chi connectivity index (χ4n) is 3.66. The van der Waals surface area contributed by atoms with E-state index in [9.17, 15) is 18.0 Å². The van der Waals surface area contributed by atoms with E-state index in [1.165, 1.54) is 0 Å². The van der Waals surface area contributed by atoms with E-state index in [0.717, 1.165) is 11.3 Å². The molecule has 0 amide bonds. The monoisotopic (exact) mass is 389 g/mol. The maximum absolute atomic E-state index is 12.6. The van der Waals surface area contributed by atoms with Gasteiger partial charge in [0, 0.05) is 23.0 Å². The first kappa shape index (κ1) is 19.4. The zero-order valence-corrected chi connectivity index (χ0v) is 16.5. The summed E-state index contributed by atoms with van der Waals surface area (Å²) >= 11 is 0. The van der Waals surface area contributed by atoms with Crippen LogP contribution in [0.25, 0.3) is 0 Å². The molecule has 1 aromatic heterocycles. The number of esters is 1. The Kier molecular flexibility index (Phi) is 5.24. The van der Waals surface area contributed by atoms with Gasteiger partial charge in [-0.1, -0.05) is 17.7 Å². The smallest absolute Gasteiger partial charge is 0.338 e. The molecule has 1 aliphatic heterocycles. The van der Waals surface area contributed by atoms with E-state index < -0.39 is 15.8 Å². The number of benzene rings is 1. The van der Waals surface area contributed by atoms with Gasteiger partial charge in [-0.25, -0.2) is 13.2 Å². The van der Waals surface area contributed by atoms with Gasteiger partial charge >= 0.3 is 5.97 Å². The fraction of sp³-hybridized carbons (Fsp3) is 0.400. The Morgan fingerprint density at radius 3 is 2.56 bits per heavy atom. The predicted octanol–water partition coefficient (Wildman–Crippen LogP) is 2.81. The molecule has 7 heteroatoms. The van der Waals surface area contributed by atoms with Gasteiger partial charge in [0.15, 0.2) is 16.4 Å². The molecular formula is C20H23NO5S. The van der Waals surface area contributed by atoms with Gasteiger partial charge in [0.2, 0.25) is 5.78 Å². The summed E-state index contributed by atoms with van der Waals surface area (Å²) in [5, 5.41) is 0. The Morgan fingerprint density at radius 1 is 1.19 bits per heavy atom. The summed E-state index contributed by atoms with van der Waals surface area (Å²) in [4.78, 5) is 24.7. The summed E-state index contributed by atoms with van der Waals surface area (Å²) in [6.45, 7) is 5.18. The van der Waals surface area contributed by atoms with Crippen molar-refractivity contribution in [3.8, 4) is 0 Å². The van der Waals surface area contributed by atoms with Crippen LogP contribution >= 0.6 is 0 Å². The van der Waals surface area contributed by atoms with E-state index >= 15 is 0 Å². The van der Waals surface area contributed by atoms with Gasteiger partial charge in [0.25, 0.3) is 0 Å². The molecule has 0 aliphatic carbocycles. The first-order valence-electron chi connectivity index (χ1n) is 8.84. The van der Waals surface area contributed by atoms with Crippen LogP contribution in [0, 0.1) is 20.8 Å². The van der Waals surface area contributed by atoms with Crippen molar-refractivity contribution in [2.45, 2.75) is 33.2 Å². The molecule has 1 fully saturated rings. The van der Waals surface area contributed by atoms with Crippen LogP contribution < -0.4 is 0 Å². The zero-order chi connectivity index (χ0) is 19.8. The molecule has 1 aliphatic rings. The van der Waals surface area contributed by atoms with E-state index in [1.54, 1.807) is 31.2 Å². The van der Waals surface area contributed by atoms with Crippen LogP contribution in [0.2, 0.25) is 0 Å². The topological polar surface area (TPSA) is 82.4 Å². The summed E-state index contributed by atoms with van der Waals surface area (Å²) in [6, 6.07) is 8.58. The van der Waals surface area contributed by atoms with Gasteiger partial charge in [-0.3, -0.25) is 4.79 Å². The van der Waals surface area contributed by atoms with Crippen LogP contribution in [-0.4, -0.2) is 42.9 Å². The molecule has 144 valence electrons. The largest absolute Gasteiger partial charge is 0.454 e. The average molecular weight is 389 g/mol. The average Bonchev–Trinajstić information content (AvgIpc) is 3.10. The van der Waals surface area contributed by atoms with Crippen molar-refractivity contribution >= 4 is 21.6 Å². The van der Waals surface area contributed by atoms with Gasteiger partial charge < -0.3 is 9.30 Å². The first-order valence-corrected chi connectivity index (χ1v) is 10.7. The summed E-state index contributed by atoms with van der Waals surface area (Å²) in [7, 11) is -3.02. The minimum absolute atomic E-state index is 0.0966. The highest BCUT2D eigenvalue weighted by Crippen LogP contribution is 2.29. The van der Waals surface area contributed by atoms with E-state index in [0.29, 0.717) is 23.2 Å². The van der Waals surface area contributed by atoms with Gasteiger partial charge in [-0.05, 0) is 45.4 Å². The molecule has 2 heterocycles. The van der Waals surface area contributed by atoms with Gasteiger partial charge in [0.1, 0.15) is 0 Å². The molecule has 1 atom stereocenters. The third kappa shape index (κ3) is 4.13. The quantitative estimate of drug-likeness (QED) is 0.580. The van der Waals surface area contributed by atoms with Crippen molar-refractivity contribution < 1.29 is 22.7 Å². The zero-order valence-electron chi connectivity index (χ0n) is 15.7. The minimum Gasteiger partial charge on any atom is -0.454 e. The second-order valence-corrected chi connectivity index (χ2v) is 9.31. The van der Waals surface area contributed by atoms with Gasteiger partial charge in [0.05, 0.1) is 17.1 Å². The highest BCUT2D eigenvalue weighted by molar-refractivity contribution is 7.91. The summed E-state index contributed by atoms with van der Waals surface area (Å²) < 4.78 is 30.6. The minimum atomic E-state index is -3.02. The lowest BCUT2D eigenvalue weighted by molar-refractivity contribution is 0.0474. The number of ether oxygens (including phenoxy) is 1. The summed E-state index contributed by atoms with van der Waals surface area (Å²) in [6.07, 6.45) is 0.550. The van der Waals surface area contributed by atoms with E-state index in [4.69, 9.17) is 4.74 Å². The summed E-state index contributed by atoms with van der Waals surface area (Å²) in [5.41, 5.74) is 3.36. The van der Waals surface area contributed by atoms with Gasteiger partial charge in [-0.2, -0.15) is 0 Å². The van der Waals surface area contributed by atoms with Crippen LogP contribution in [0.1, 0.15) is 50.1 Å². The van der Waals surface area contributed by atoms with Crippen LogP contribution in [0.5, 0.6) is 0 Å². The SMILES string of the molecule is Cc1cccc(C(=O)OCC(=O)c2cc(C)n([C@@H]3CCS(=O)(=O)C3)c2C)c1. The van der Waals surface area contributed by atoms with Crippen LogP contribution in [-0.2, 0) is 14.6 Å². The van der Waals surface area contributed by atoms with Crippen LogP contribution in [0.3, 0.4) is 0 Å². The number of aromatic nitrogens is 1. The van der Waals surface area contributed by atoms with Crippen molar-refractivity contribution in [3.05, 3.63) is 58.4 Å². The van der Waals surface area contributed by atoms with E-state index in [1.807, 2.05) is 24.5 Å². The lowest BCUT2D eigenvalue weighted by Crippen LogP contribution is -2.17. The van der Waals surface area contributed by atoms with Crippen molar-refractivity contribution in [1.82, 2.24) is 4.57 Å². The molecule has 1 saturated heterocycles. The fourth-order valence-corrected chi connectivity index (χ4v) is 5.36. The number of hydrogen-bond acceptors (Lipinski definition) is 5. The Bertz CT molecular complexity index is 1000. The standard InChI is InChI=1S/C20H23NO5S/c1-13-5-4-6-16(9-13)20(23)26-11-19(22)18-10-14(2)21(15(18)3)17-7-8-27(24,25)12-17/h4-6,9-10,17H,7-8,11-12H2,1-3H3/t17-/m1/s1. The molecule has 27 heavy (non-hydrogen) atoms. The number of nitrogens with zero attached hydrogens (tertiary/aromatic N) is 1. The van der Waals surface area contributed by atoms with Crippen molar-refractivity contribution in [2.75, 3.05) is 18.1 Å². The van der Waals surface area contributed by atoms with Crippen LogP contribution in [0.4, 0.5) is 0 Å². The number of aryl methyl sites for hydroxylation is 2. The van der Waals surface area contributed by atoms with Crippen molar-refractivity contribution in [2.24, 2.45) is 0 Å². The molecule has 0 unspecified atom stereocenters. The maximum Gasteiger partial charge on any atom is 0.338 e. The van der Waals surface area contributed by atoms with E-state index in [2.05, 4.69) is 0 Å². The number of carbonyl (C=O) groups excluding carboxylic acids is 2. The molecule has 0 N–H and O–H groups in total. The van der Waals surface area contributed by atoms with Gasteiger partial charge in [-0.15, -0.1) is 0 Å². The third-order valence-electron chi connectivity index (χ3n) is 4.95. The van der Waals surface area contributed by atoms with E-state index in [-0.39, 0.29) is 29.9 Å². The number of ketones is 1. The Hall–Kier alpha value is -2.41. The Labute approximate surface area is 159 Å². The normalized spacial score (nSPS) is 18.4. The third-order valence-corrected chi connectivity index (χ3v) is 6.70. The Balaban J connectivity index is 1.72. The molecule has 0 saturated carbocycles. The lowest BCUT2D eigenvalue weighted by Gasteiger charge is -2.16. The van der Waals surface area contributed by atoms with Crippen molar-refractivity contribution in [1.29, 1.82) is 0 Å². The van der Waals surface area contributed by atoms with Crippen LogP contribution in [0.15, 0.2) is 30.3 Å². The molecular weight excluding hydrogens is 366 g/mol. The number of sulfone groups is 1. The lowest BCUT2D eigenvalue weighted by atomic mass is 10.1. The molecule has 2 aromatic rings. The molecule has 0 bridgehead atoms. The molecule has 6 nitrogen and oxygen atoms in total. The highest BCUT2D eigenvalue weighted by Gasteiger charge is 2.31. The predicted molar refractivity (Wildman–Crippen MR) is 102 cm³/mol.